The van der Waals surface area contributed by atoms with Gasteiger partial charge in [0.05, 0.1) is 5.69 Å². The van der Waals surface area contributed by atoms with Crippen LogP contribution >= 0.6 is 0 Å². The van der Waals surface area contributed by atoms with Crippen LogP contribution in [0.15, 0.2) is 34.3 Å². The summed E-state index contributed by atoms with van der Waals surface area (Å²) < 4.78 is 11.0. The molecule has 0 radical (unpaired) electrons. The van der Waals surface area contributed by atoms with Crippen LogP contribution in [0.4, 0.5) is 21.0 Å². The highest BCUT2D eigenvalue weighted by Gasteiger charge is 2.43. The summed E-state index contributed by atoms with van der Waals surface area (Å²) in [5.41, 5.74) is 10.9. The molecule has 10 heteroatoms. The van der Waals surface area contributed by atoms with Crippen molar-refractivity contribution in [3.05, 3.63) is 24.3 Å². The minimum Gasteiger partial charge on any atom is -0.443 e. The molecule has 10 nitrogen and oxygen atoms in total. The van der Waals surface area contributed by atoms with E-state index in [1.807, 2.05) is 11.0 Å². The molecule has 0 bridgehead atoms. The van der Waals surface area contributed by atoms with Gasteiger partial charge in [0.15, 0.2) is 0 Å². The molecule has 0 aromatic heterocycles. The fourth-order valence-electron chi connectivity index (χ4n) is 4.17. The summed E-state index contributed by atoms with van der Waals surface area (Å²) in [6.07, 6.45) is 2.89. The van der Waals surface area contributed by atoms with Gasteiger partial charge in [0.2, 0.25) is 11.9 Å². The smallest absolute Gasteiger partial charge is 0.424 e. The molecule has 1 fully saturated rings. The summed E-state index contributed by atoms with van der Waals surface area (Å²) in [5, 5.41) is 0. The summed E-state index contributed by atoms with van der Waals surface area (Å²) in [4.78, 5) is 37.8. The van der Waals surface area contributed by atoms with Crippen LogP contribution in [0.25, 0.3) is 0 Å². The maximum Gasteiger partial charge on any atom is 0.424 e. The van der Waals surface area contributed by atoms with E-state index in [1.54, 1.807) is 59.7 Å². The van der Waals surface area contributed by atoms with Gasteiger partial charge in [-0.3, -0.25) is 4.90 Å². The number of nitrogens with two attached hydrogens (primary N) is 2. The molecule has 3 rings (SSSR count). The van der Waals surface area contributed by atoms with Gasteiger partial charge in [0.25, 0.3) is 0 Å². The highest BCUT2D eigenvalue weighted by atomic mass is 16.6. The van der Waals surface area contributed by atoms with Crippen LogP contribution in [0.2, 0.25) is 0 Å². The number of benzene rings is 1. The molecule has 1 aromatic carbocycles. The van der Waals surface area contributed by atoms with Gasteiger partial charge < -0.3 is 20.9 Å². The van der Waals surface area contributed by atoms with Crippen molar-refractivity contribution in [2.24, 2.45) is 21.5 Å². The van der Waals surface area contributed by atoms with E-state index >= 15 is 0 Å². The third kappa shape index (κ3) is 5.78. The van der Waals surface area contributed by atoms with Gasteiger partial charge in [-0.05, 0) is 85.4 Å². The van der Waals surface area contributed by atoms with Crippen molar-refractivity contribution in [3.63, 3.8) is 0 Å². The van der Waals surface area contributed by atoms with E-state index in [0.29, 0.717) is 5.69 Å². The second-order valence-electron chi connectivity index (χ2n) is 10.6. The first-order valence-electron chi connectivity index (χ1n) is 11.6. The van der Waals surface area contributed by atoms with E-state index in [0.717, 1.165) is 37.0 Å². The highest BCUT2D eigenvalue weighted by Crippen LogP contribution is 2.40. The predicted molar refractivity (Wildman–Crippen MR) is 133 cm³/mol. The third-order valence-electron chi connectivity index (χ3n) is 5.35. The number of ether oxygens (including phenoxy) is 2. The zero-order chi connectivity index (χ0) is 25.3. The van der Waals surface area contributed by atoms with Crippen LogP contribution in [0.5, 0.6) is 0 Å². The largest absolute Gasteiger partial charge is 0.443 e. The van der Waals surface area contributed by atoms with Crippen molar-refractivity contribution in [1.29, 1.82) is 0 Å². The summed E-state index contributed by atoms with van der Waals surface area (Å²) in [6.45, 7) is 10.4. The number of aliphatic imine (C=N–C) groups is 2. The highest BCUT2D eigenvalue weighted by molar-refractivity contribution is 6.10. The lowest BCUT2D eigenvalue weighted by Crippen LogP contribution is -2.58. The Balaban J connectivity index is 2.05. The molecule has 1 saturated carbocycles. The predicted octanol–water partition coefficient (Wildman–Crippen LogP) is 4.47. The molecule has 34 heavy (non-hydrogen) atoms. The van der Waals surface area contributed by atoms with Crippen LogP contribution in [0.1, 0.15) is 73.6 Å². The number of hydrogen-bond acceptors (Lipinski definition) is 9. The van der Waals surface area contributed by atoms with Crippen molar-refractivity contribution < 1.29 is 19.1 Å². The Bertz CT molecular complexity index is 971. The standard InChI is InChI=1S/C24H36N6O4/c1-22(2,3)33-20(31)29(21(32)34-23(4,5)6)16-11-10-12-17(15-16)30-19(26)27-18(25)28-24(30)13-8-7-9-14-24/h10-12,15H,7-9,13-14H2,1-6H3,(H4,25,26,27,28). The van der Waals surface area contributed by atoms with E-state index in [4.69, 9.17) is 20.9 Å². The number of amides is 2. The molecule has 1 aliphatic heterocycles. The maximum absolute atomic E-state index is 13.1. The molecular weight excluding hydrogens is 436 g/mol. The zero-order valence-electron chi connectivity index (χ0n) is 20.9. The molecule has 1 spiro atoms. The van der Waals surface area contributed by atoms with E-state index < -0.39 is 29.1 Å². The number of carbonyl (C=O) groups is 2. The first kappa shape index (κ1) is 25.3. The fraction of sp³-hybridized carbons (Fsp3) is 0.583. The van der Waals surface area contributed by atoms with Gasteiger partial charge in [-0.2, -0.15) is 9.89 Å². The molecule has 0 atom stereocenters. The van der Waals surface area contributed by atoms with Gasteiger partial charge in [-0.1, -0.05) is 12.5 Å². The van der Waals surface area contributed by atoms with E-state index in [-0.39, 0.29) is 17.6 Å². The van der Waals surface area contributed by atoms with Gasteiger partial charge in [0, 0.05) is 5.69 Å². The Morgan fingerprint density at radius 2 is 1.53 bits per heavy atom. The number of anilines is 2. The number of rotatable bonds is 2. The molecule has 1 aromatic rings. The van der Waals surface area contributed by atoms with Crippen LogP contribution < -0.4 is 21.3 Å². The minimum atomic E-state index is -0.839. The van der Waals surface area contributed by atoms with Gasteiger partial charge in [0.1, 0.15) is 16.9 Å². The van der Waals surface area contributed by atoms with Gasteiger partial charge >= 0.3 is 12.2 Å². The first-order chi connectivity index (χ1) is 15.7. The van der Waals surface area contributed by atoms with Crippen molar-refractivity contribution in [2.45, 2.75) is 90.5 Å². The van der Waals surface area contributed by atoms with Crippen molar-refractivity contribution in [2.75, 3.05) is 9.80 Å². The molecule has 1 heterocycles. The Morgan fingerprint density at radius 1 is 0.971 bits per heavy atom. The SMILES string of the molecule is CC(C)(C)OC(=O)N(C(=O)OC(C)(C)C)c1cccc(N2C(N)=NC(N)=NC23CCCCC3)c1. The van der Waals surface area contributed by atoms with Gasteiger partial charge in [-0.15, -0.1) is 0 Å². The quantitative estimate of drug-likeness (QED) is 0.648. The Kier molecular flexibility index (Phi) is 6.82. The zero-order valence-corrected chi connectivity index (χ0v) is 20.9. The summed E-state index contributed by atoms with van der Waals surface area (Å²) in [6, 6.07) is 6.89. The molecule has 1 aliphatic carbocycles. The van der Waals surface area contributed by atoms with Gasteiger partial charge in [-0.25, -0.2) is 14.6 Å². The third-order valence-corrected chi connectivity index (χ3v) is 5.35. The van der Waals surface area contributed by atoms with E-state index in [9.17, 15) is 9.59 Å². The van der Waals surface area contributed by atoms with E-state index in [2.05, 4.69) is 9.98 Å². The fourth-order valence-corrected chi connectivity index (χ4v) is 4.17. The molecule has 0 unspecified atom stereocenters. The number of carbonyl (C=O) groups excluding carboxylic acids is 2. The first-order valence-corrected chi connectivity index (χ1v) is 11.6. The summed E-state index contributed by atoms with van der Waals surface area (Å²) in [5.74, 6) is 0.364. The minimum absolute atomic E-state index is 0.149. The lowest BCUT2D eigenvalue weighted by molar-refractivity contribution is 0.0431. The number of nitrogens with zero attached hydrogens (tertiary/aromatic N) is 4. The second kappa shape index (κ2) is 9.15. The van der Waals surface area contributed by atoms with Crippen LogP contribution in [-0.4, -0.2) is 41.0 Å². The summed E-state index contributed by atoms with van der Waals surface area (Å²) >= 11 is 0. The second-order valence-corrected chi connectivity index (χ2v) is 10.6. The van der Waals surface area contributed by atoms with Crippen LogP contribution in [-0.2, 0) is 9.47 Å². The van der Waals surface area contributed by atoms with Crippen LogP contribution in [0.3, 0.4) is 0 Å². The number of hydrogen-bond donors (Lipinski definition) is 2. The van der Waals surface area contributed by atoms with Crippen molar-refractivity contribution in [1.82, 2.24) is 0 Å². The molecule has 2 amide bonds. The average molecular weight is 473 g/mol. The number of imide groups is 1. The Hall–Kier alpha value is -3.30. The summed E-state index contributed by atoms with van der Waals surface area (Å²) in [7, 11) is 0. The Morgan fingerprint density at radius 3 is 2.06 bits per heavy atom. The Labute approximate surface area is 201 Å². The van der Waals surface area contributed by atoms with Crippen molar-refractivity contribution in [3.8, 4) is 0 Å². The number of guanidine groups is 2. The topological polar surface area (TPSA) is 136 Å². The van der Waals surface area contributed by atoms with E-state index in [1.165, 1.54) is 0 Å². The lowest BCUT2D eigenvalue weighted by atomic mass is 9.87. The molecule has 186 valence electrons. The normalized spacial score (nSPS) is 18.1. The maximum atomic E-state index is 13.1. The van der Waals surface area contributed by atoms with Crippen molar-refractivity contribution >= 4 is 35.5 Å². The molecular formula is C24H36N6O4. The lowest BCUT2D eigenvalue weighted by Gasteiger charge is -2.45. The molecule has 4 N–H and O–H groups in total. The molecule has 2 aliphatic rings. The average Bonchev–Trinajstić information content (AvgIpc) is 2.65. The van der Waals surface area contributed by atoms with Crippen LogP contribution in [0, 0.1) is 0 Å². The monoisotopic (exact) mass is 472 g/mol. The molecule has 0 saturated heterocycles.